The highest BCUT2D eigenvalue weighted by atomic mass is 32.2. The van der Waals surface area contributed by atoms with Crippen LogP contribution in [0.1, 0.15) is 41.8 Å². The van der Waals surface area contributed by atoms with Gasteiger partial charge in [0.15, 0.2) is 15.6 Å². The van der Waals surface area contributed by atoms with Crippen LogP contribution in [-0.2, 0) is 9.84 Å². The van der Waals surface area contributed by atoms with E-state index in [0.717, 1.165) is 23.8 Å². The van der Waals surface area contributed by atoms with Crippen molar-refractivity contribution in [3.63, 3.8) is 0 Å². The molecule has 0 radical (unpaired) electrons. The second-order valence-electron chi connectivity index (χ2n) is 6.69. The van der Waals surface area contributed by atoms with E-state index in [1.165, 1.54) is 6.26 Å². The fourth-order valence-corrected chi connectivity index (χ4v) is 5.19. The monoisotopic (exact) mass is 349 g/mol. The third-order valence-electron chi connectivity index (χ3n) is 5.07. The number of furan rings is 1. The average molecular weight is 349 g/mol. The zero-order chi connectivity index (χ0) is 17.5. The summed E-state index contributed by atoms with van der Waals surface area (Å²) in [6.07, 6.45) is 4.41. The average Bonchev–Trinajstić information content (AvgIpc) is 2.90. The van der Waals surface area contributed by atoms with Gasteiger partial charge >= 0.3 is 0 Å². The van der Waals surface area contributed by atoms with E-state index in [0.29, 0.717) is 24.2 Å². The van der Waals surface area contributed by atoms with Crippen molar-refractivity contribution >= 4 is 26.7 Å². The number of aryl methyl sites for hydroxylation is 1. The topological polar surface area (TPSA) is 67.6 Å². The van der Waals surface area contributed by atoms with Crippen LogP contribution in [0.3, 0.4) is 0 Å². The summed E-state index contributed by atoms with van der Waals surface area (Å²) in [5, 5.41) is 0.419. The second-order valence-corrected chi connectivity index (χ2v) is 8.95. The van der Waals surface area contributed by atoms with E-state index in [2.05, 4.69) is 0 Å². The Morgan fingerprint density at radius 3 is 2.54 bits per heavy atom. The van der Waals surface area contributed by atoms with Gasteiger partial charge in [-0.15, -0.1) is 0 Å². The summed E-state index contributed by atoms with van der Waals surface area (Å²) in [6.45, 7) is 1.86. The number of sulfone groups is 1. The van der Waals surface area contributed by atoms with E-state index in [4.69, 9.17) is 4.42 Å². The van der Waals surface area contributed by atoms with Crippen LogP contribution in [-0.4, -0.2) is 43.8 Å². The number of carbonyl (C=O) groups excluding carboxylic acids is 1. The minimum atomic E-state index is -3.20. The Morgan fingerprint density at radius 2 is 1.88 bits per heavy atom. The molecule has 1 aliphatic rings. The number of fused-ring (bicyclic) bond motifs is 1. The van der Waals surface area contributed by atoms with Gasteiger partial charge in [-0.1, -0.05) is 31.0 Å². The number of carbonyl (C=O) groups is 1. The maximum Gasteiger partial charge on any atom is 0.289 e. The number of benzene rings is 1. The molecule has 24 heavy (non-hydrogen) atoms. The highest BCUT2D eigenvalue weighted by molar-refractivity contribution is 7.91. The zero-order valence-corrected chi connectivity index (χ0v) is 15.1. The molecule has 6 heteroatoms. The molecule has 1 amide bonds. The number of para-hydroxylation sites is 1. The minimum absolute atomic E-state index is 0.246. The van der Waals surface area contributed by atoms with Gasteiger partial charge in [0.05, 0.1) is 5.25 Å². The summed E-state index contributed by atoms with van der Waals surface area (Å²) in [6, 6.07) is 7.23. The fraction of sp³-hybridized carbons (Fsp3) is 0.500. The van der Waals surface area contributed by atoms with Crippen molar-refractivity contribution in [3.8, 4) is 0 Å². The van der Waals surface area contributed by atoms with Crippen LogP contribution in [0.4, 0.5) is 0 Å². The predicted octanol–water partition coefficient (Wildman–Crippen LogP) is 3.17. The van der Waals surface area contributed by atoms with Crippen molar-refractivity contribution in [2.45, 2.75) is 43.9 Å². The lowest BCUT2D eigenvalue weighted by Gasteiger charge is -2.36. The first-order valence-electron chi connectivity index (χ1n) is 8.25. The van der Waals surface area contributed by atoms with E-state index in [-0.39, 0.29) is 11.9 Å². The molecule has 0 N–H and O–H groups in total. The second kappa shape index (κ2) is 6.24. The van der Waals surface area contributed by atoms with Crippen molar-refractivity contribution in [3.05, 3.63) is 35.6 Å². The summed E-state index contributed by atoms with van der Waals surface area (Å²) in [5.74, 6) is 0.0563. The van der Waals surface area contributed by atoms with Gasteiger partial charge in [0.2, 0.25) is 0 Å². The van der Waals surface area contributed by atoms with Crippen molar-refractivity contribution in [1.82, 2.24) is 4.90 Å². The summed E-state index contributed by atoms with van der Waals surface area (Å²) >= 11 is 0. The molecule has 1 heterocycles. The minimum Gasteiger partial charge on any atom is -0.451 e. The molecule has 1 aliphatic carbocycles. The third-order valence-corrected chi connectivity index (χ3v) is 6.72. The van der Waals surface area contributed by atoms with E-state index in [1.807, 2.05) is 31.2 Å². The quantitative estimate of drug-likeness (QED) is 0.853. The Labute approximate surface area is 142 Å². The maximum absolute atomic E-state index is 12.9. The summed E-state index contributed by atoms with van der Waals surface area (Å²) in [5.41, 5.74) is 1.48. The smallest absolute Gasteiger partial charge is 0.289 e. The van der Waals surface area contributed by atoms with Crippen molar-refractivity contribution in [1.29, 1.82) is 0 Å². The van der Waals surface area contributed by atoms with Gasteiger partial charge in [-0.3, -0.25) is 4.79 Å². The molecule has 0 aliphatic heterocycles. The third kappa shape index (κ3) is 2.95. The molecule has 1 aromatic heterocycles. The van der Waals surface area contributed by atoms with Gasteiger partial charge in [-0.2, -0.15) is 0 Å². The maximum atomic E-state index is 12.9. The van der Waals surface area contributed by atoms with Crippen LogP contribution in [0.15, 0.2) is 28.7 Å². The molecule has 0 spiro atoms. The van der Waals surface area contributed by atoms with Crippen molar-refractivity contribution < 1.29 is 17.6 Å². The van der Waals surface area contributed by atoms with E-state index in [1.54, 1.807) is 11.9 Å². The lowest BCUT2D eigenvalue weighted by molar-refractivity contribution is 0.0669. The normalized spacial score (nSPS) is 21.8. The molecule has 0 unspecified atom stereocenters. The molecule has 1 aromatic carbocycles. The number of hydrogen-bond donors (Lipinski definition) is 0. The number of nitrogens with zero attached hydrogens (tertiary/aromatic N) is 1. The SMILES string of the molecule is Cc1c(C(=O)N(C)[C@H]2CCCC[C@@H]2S(C)(=O)=O)oc2ccccc12. The Kier molecular flexibility index (Phi) is 4.42. The Hall–Kier alpha value is -1.82. The van der Waals surface area contributed by atoms with Crippen molar-refractivity contribution in [2.75, 3.05) is 13.3 Å². The lowest BCUT2D eigenvalue weighted by atomic mass is 9.93. The van der Waals surface area contributed by atoms with E-state index < -0.39 is 15.1 Å². The molecule has 130 valence electrons. The molecule has 1 saturated carbocycles. The number of rotatable bonds is 3. The zero-order valence-electron chi connectivity index (χ0n) is 14.3. The summed E-state index contributed by atoms with van der Waals surface area (Å²) in [7, 11) is -1.51. The molecule has 3 rings (SSSR count). The first-order valence-corrected chi connectivity index (χ1v) is 10.2. The molecule has 1 fully saturated rings. The van der Waals surface area contributed by atoms with Gasteiger partial charge in [0.25, 0.3) is 5.91 Å². The molecule has 0 saturated heterocycles. The molecule has 2 aromatic rings. The fourth-order valence-electron chi connectivity index (χ4n) is 3.71. The van der Waals surface area contributed by atoms with Crippen LogP contribution in [0.5, 0.6) is 0 Å². The predicted molar refractivity (Wildman–Crippen MR) is 93.9 cm³/mol. The van der Waals surface area contributed by atoms with Gasteiger partial charge in [-0.05, 0) is 25.8 Å². The first kappa shape index (κ1) is 17.0. The van der Waals surface area contributed by atoms with Crippen molar-refractivity contribution in [2.24, 2.45) is 0 Å². The van der Waals surface area contributed by atoms with Crippen LogP contribution in [0, 0.1) is 6.92 Å². The number of amides is 1. The van der Waals surface area contributed by atoms with Gasteiger partial charge in [0.1, 0.15) is 5.58 Å². The van der Waals surface area contributed by atoms with Crippen LogP contribution in [0.2, 0.25) is 0 Å². The lowest BCUT2D eigenvalue weighted by Crippen LogP contribution is -2.49. The molecule has 2 atom stereocenters. The van der Waals surface area contributed by atoms with Crippen LogP contribution in [0.25, 0.3) is 11.0 Å². The summed E-state index contributed by atoms with van der Waals surface area (Å²) in [4.78, 5) is 14.5. The largest absolute Gasteiger partial charge is 0.451 e. The van der Waals surface area contributed by atoms with Gasteiger partial charge < -0.3 is 9.32 Å². The standard InChI is InChI=1S/C18H23NO4S/c1-12-13-8-4-6-10-15(13)23-17(12)18(20)19(2)14-9-5-7-11-16(14)24(3,21)22/h4,6,8,10,14,16H,5,7,9,11H2,1-3H3/t14-,16-/m0/s1. The van der Waals surface area contributed by atoms with Crippen LogP contribution >= 0.6 is 0 Å². The van der Waals surface area contributed by atoms with Crippen LogP contribution < -0.4 is 0 Å². The summed E-state index contributed by atoms with van der Waals surface area (Å²) < 4.78 is 30.0. The Bertz CT molecular complexity index is 868. The highest BCUT2D eigenvalue weighted by Gasteiger charge is 2.38. The van der Waals surface area contributed by atoms with E-state index in [9.17, 15) is 13.2 Å². The molecule has 5 nitrogen and oxygen atoms in total. The molecular weight excluding hydrogens is 326 g/mol. The highest BCUT2D eigenvalue weighted by Crippen LogP contribution is 2.30. The molecule has 0 bridgehead atoms. The van der Waals surface area contributed by atoms with Gasteiger partial charge in [0, 0.05) is 30.3 Å². The number of hydrogen-bond acceptors (Lipinski definition) is 4. The Balaban J connectivity index is 1.94. The Morgan fingerprint density at radius 1 is 1.21 bits per heavy atom. The van der Waals surface area contributed by atoms with Gasteiger partial charge in [-0.25, -0.2) is 8.42 Å². The first-order chi connectivity index (χ1) is 11.3. The van der Waals surface area contributed by atoms with E-state index >= 15 is 0 Å². The molecular formula is C18H23NO4S.